The molecule has 0 heterocycles. The van der Waals surface area contributed by atoms with Gasteiger partial charge in [0.2, 0.25) is 0 Å². The van der Waals surface area contributed by atoms with Crippen LogP contribution in [-0.4, -0.2) is 18.6 Å². The fourth-order valence-electron chi connectivity index (χ4n) is 0.945. The molecule has 0 spiro atoms. The van der Waals surface area contributed by atoms with E-state index in [1.807, 2.05) is 0 Å². The summed E-state index contributed by atoms with van der Waals surface area (Å²) >= 11 is 0. The highest BCUT2D eigenvalue weighted by Gasteiger charge is 2.42. The van der Waals surface area contributed by atoms with Crippen molar-refractivity contribution in [1.82, 2.24) is 0 Å². The van der Waals surface area contributed by atoms with Gasteiger partial charge in [-0.25, -0.2) is 4.79 Å². The van der Waals surface area contributed by atoms with E-state index in [0.717, 1.165) is 12.1 Å². The molecular formula is C9H8F4N2O2. The van der Waals surface area contributed by atoms with Crippen molar-refractivity contribution in [2.75, 3.05) is 5.32 Å². The summed E-state index contributed by atoms with van der Waals surface area (Å²) in [4.78, 5) is 10.4. The molecule has 3 N–H and O–H groups in total. The number of primary amides is 1. The zero-order chi connectivity index (χ0) is 13.1. The van der Waals surface area contributed by atoms with Gasteiger partial charge in [0.15, 0.2) is 0 Å². The van der Waals surface area contributed by atoms with Crippen LogP contribution in [0, 0.1) is 0 Å². The maximum atomic E-state index is 12.5. The number of anilines is 1. The second-order valence-corrected chi connectivity index (χ2v) is 2.99. The Hall–Kier alpha value is -1.99. The summed E-state index contributed by atoms with van der Waals surface area (Å²) in [5.41, 5.74) is 5.07. The Kier molecular flexibility index (Phi) is 3.77. The minimum atomic E-state index is -5.08. The number of urea groups is 1. The van der Waals surface area contributed by atoms with Crippen molar-refractivity contribution >= 4 is 11.7 Å². The Morgan fingerprint density at radius 1 is 1.29 bits per heavy atom. The molecule has 0 saturated carbocycles. The molecule has 1 aromatic carbocycles. The molecule has 1 aromatic rings. The summed E-state index contributed by atoms with van der Waals surface area (Å²) in [5.74, 6) is -0.315. The molecule has 0 fully saturated rings. The molecule has 0 aliphatic heterocycles. The summed E-state index contributed by atoms with van der Waals surface area (Å²) in [6.07, 6.45) is -8.47. The van der Waals surface area contributed by atoms with Gasteiger partial charge >= 0.3 is 18.6 Å². The first-order valence-corrected chi connectivity index (χ1v) is 4.33. The van der Waals surface area contributed by atoms with E-state index in [-0.39, 0.29) is 11.4 Å². The van der Waals surface area contributed by atoms with Gasteiger partial charge in [0, 0.05) is 5.69 Å². The molecule has 4 nitrogen and oxygen atoms in total. The smallest absolute Gasteiger partial charge is 0.452 e. The van der Waals surface area contributed by atoms with Crippen molar-refractivity contribution in [3.63, 3.8) is 0 Å². The zero-order valence-corrected chi connectivity index (χ0v) is 8.29. The topological polar surface area (TPSA) is 64.4 Å². The number of carbonyl (C=O) groups excluding carboxylic acids is 1. The number of nitrogens with two attached hydrogens (primary N) is 1. The standard InChI is InChI=1S/C9H8F4N2O2/c10-7(9(11,12)13)17-6-3-1-5(2-4-6)15-8(14)16/h1-4,7H,(H3,14,15,16). The van der Waals surface area contributed by atoms with E-state index in [9.17, 15) is 22.4 Å². The third-order valence-corrected chi connectivity index (χ3v) is 1.62. The number of ether oxygens (including phenoxy) is 1. The second-order valence-electron chi connectivity index (χ2n) is 2.99. The lowest BCUT2D eigenvalue weighted by Gasteiger charge is -2.14. The molecule has 1 atom stereocenters. The molecule has 8 heteroatoms. The van der Waals surface area contributed by atoms with Crippen LogP contribution in [0.15, 0.2) is 24.3 Å². The number of halogens is 4. The van der Waals surface area contributed by atoms with E-state index in [4.69, 9.17) is 5.73 Å². The van der Waals surface area contributed by atoms with Gasteiger partial charge in [-0.2, -0.15) is 17.6 Å². The number of hydrogen-bond acceptors (Lipinski definition) is 2. The van der Waals surface area contributed by atoms with E-state index in [1.54, 1.807) is 0 Å². The Morgan fingerprint density at radius 2 is 1.82 bits per heavy atom. The molecule has 0 saturated heterocycles. The third-order valence-electron chi connectivity index (χ3n) is 1.62. The number of nitrogens with one attached hydrogen (secondary N) is 1. The van der Waals surface area contributed by atoms with Crippen molar-refractivity contribution < 1.29 is 27.1 Å². The average molecular weight is 252 g/mol. The molecule has 17 heavy (non-hydrogen) atoms. The molecule has 0 aliphatic rings. The lowest BCUT2D eigenvalue weighted by Crippen LogP contribution is -2.29. The summed E-state index contributed by atoms with van der Waals surface area (Å²) in [6, 6.07) is 3.77. The number of benzene rings is 1. The number of hydrogen-bond donors (Lipinski definition) is 2. The molecule has 2 amide bonds. The largest absolute Gasteiger partial charge is 0.457 e. The fourth-order valence-corrected chi connectivity index (χ4v) is 0.945. The minimum absolute atomic E-state index is 0.257. The lowest BCUT2D eigenvalue weighted by molar-refractivity contribution is -0.236. The molecule has 0 radical (unpaired) electrons. The van der Waals surface area contributed by atoms with Crippen LogP contribution in [0.25, 0.3) is 0 Å². The van der Waals surface area contributed by atoms with Crippen molar-refractivity contribution in [3.05, 3.63) is 24.3 Å². The molecule has 1 unspecified atom stereocenters. The van der Waals surface area contributed by atoms with Gasteiger partial charge in [-0.15, -0.1) is 0 Å². The van der Waals surface area contributed by atoms with E-state index in [1.165, 1.54) is 12.1 Å². The number of carbonyl (C=O) groups is 1. The Bertz CT molecular complexity index is 391. The Labute approximate surface area is 93.4 Å². The molecule has 0 bridgehead atoms. The van der Waals surface area contributed by atoms with Crippen LogP contribution >= 0.6 is 0 Å². The molecule has 0 aromatic heterocycles. The van der Waals surface area contributed by atoms with E-state index in [0.29, 0.717) is 0 Å². The highest BCUT2D eigenvalue weighted by atomic mass is 19.4. The van der Waals surface area contributed by atoms with Gasteiger partial charge < -0.3 is 15.8 Å². The van der Waals surface area contributed by atoms with Crippen LogP contribution < -0.4 is 15.8 Å². The van der Waals surface area contributed by atoms with Crippen molar-refractivity contribution in [1.29, 1.82) is 0 Å². The van der Waals surface area contributed by atoms with Gasteiger partial charge in [-0.3, -0.25) is 0 Å². The van der Waals surface area contributed by atoms with E-state index < -0.39 is 18.6 Å². The SMILES string of the molecule is NC(=O)Nc1ccc(OC(F)C(F)(F)F)cc1. The first-order chi connectivity index (χ1) is 7.79. The summed E-state index contributed by atoms with van der Waals surface area (Å²) < 4.78 is 51.9. The van der Waals surface area contributed by atoms with Crippen LogP contribution in [0.5, 0.6) is 5.75 Å². The molecular weight excluding hydrogens is 244 g/mol. The first kappa shape index (κ1) is 13.1. The first-order valence-electron chi connectivity index (χ1n) is 4.33. The summed E-state index contributed by atoms with van der Waals surface area (Å²) in [5, 5.41) is 2.18. The van der Waals surface area contributed by atoms with Gasteiger partial charge in [-0.05, 0) is 24.3 Å². The molecule has 1 rings (SSSR count). The quantitative estimate of drug-likeness (QED) is 0.811. The Morgan fingerprint density at radius 3 is 2.24 bits per heavy atom. The van der Waals surface area contributed by atoms with Gasteiger partial charge in [0.1, 0.15) is 5.75 Å². The van der Waals surface area contributed by atoms with Gasteiger partial charge in [-0.1, -0.05) is 0 Å². The van der Waals surface area contributed by atoms with Crippen LogP contribution in [0.1, 0.15) is 0 Å². The highest BCUT2D eigenvalue weighted by Crippen LogP contribution is 2.26. The zero-order valence-electron chi connectivity index (χ0n) is 8.29. The van der Waals surface area contributed by atoms with Crippen molar-refractivity contribution in [3.8, 4) is 5.75 Å². The summed E-state index contributed by atoms with van der Waals surface area (Å²) in [7, 11) is 0. The fraction of sp³-hybridized carbons (Fsp3) is 0.222. The van der Waals surface area contributed by atoms with Crippen molar-refractivity contribution in [2.45, 2.75) is 12.5 Å². The van der Waals surface area contributed by atoms with Crippen LogP contribution in [0.2, 0.25) is 0 Å². The monoisotopic (exact) mass is 252 g/mol. The van der Waals surface area contributed by atoms with Gasteiger partial charge in [0.05, 0.1) is 0 Å². The predicted octanol–water partition coefficient (Wildman–Crippen LogP) is 2.41. The van der Waals surface area contributed by atoms with Crippen molar-refractivity contribution in [2.24, 2.45) is 5.73 Å². The highest BCUT2D eigenvalue weighted by molar-refractivity contribution is 5.87. The summed E-state index contributed by atoms with van der Waals surface area (Å²) in [6.45, 7) is 0. The van der Waals surface area contributed by atoms with Crippen LogP contribution in [0.4, 0.5) is 28.0 Å². The normalized spacial score (nSPS) is 12.9. The number of rotatable bonds is 3. The molecule has 94 valence electrons. The second kappa shape index (κ2) is 4.89. The van der Waals surface area contributed by atoms with Gasteiger partial charge in [0.25, 0.3) is 0 Å². The van der Waals surface area contributed by atoms with E-state index in [2.05, 4.69) is 10.1 Å². The third kappa shape index (κ3) is 4.17. The predicted molar refractivity (Wildman–Crippen MR) is 51.2 cm³/mol. The molecule has 0 aliphatic carbocycles. The van der Waals surface area contributed by atoms with E-state index >= 15 is 0 Å². The number of alkyl halides is 4. The maximum absolute atomic E-state index is 12.5. The Balaban J connectivity index is 2.65. The number of amides is 2. The minimum Gasteiger partial charge on any atom is -0.452 e. The van der Waals surface area contributed by atoms with Crippen LogP contribution in [0.3, 0.4) is 0 Å². The lowest BCUT2D eigenvalue weighted by atomic mass is 10.3. The maximum Gasteiger partial charge on any atom is 0.457 e. The average Bonchev–Trinajstić information content (AvgIpc) is 2.18. The van der Waals surface area contributed by atoms with Crippen LogP contribution in [-0.2, 0) is 0 Å².